The molecular formula is C16H18O3S. The Hall–Kier alpha value is -1.26. The molecule has 0 aromatic heterocycles. The summed E-state index contributed by atoms with van der Waals surface area (Å²) in [6, 6.07) is 7.55. The molecule has 1 unspecified atom stereocenters. The van der Waals surface area contributed by atoms with Gasteiger partial charge in [0.25, 0.3) is 0 Å². The Kier molecular flexibility index (Phi) is 3.18. The summed E-state index contributed by atoms with van der Waals surface area (Å²) in [5.74, 6) is -0.423. The number of fused-ring (bicyclic) bond motifs is 2. The number of hydrogen-bond donors (Lipinski definition) is 0. The SMILES string of the molecule is Cc1ccc(S(=O)[C@@]23C=C[C@@H](O2)[C@H](C)C(=O)[C@H]3C)cc1. The van der Waals surface area contributed by atoms with Crippen molar-refractivity contribution >= 4 is 16.6 Å². The minimum absolute atomic E-state index is 0.131. The van der Waals surface area contributed by atoms with Gasteiger partial charge in [-0.2, -0.15) is 0 Å². The lowest BCUT2D eigenvalue weighted by Crippen LogP contribution is -2.52. The van der Waals surface area contributed by atoms with Gasteiger partial charge in [0.15, 0.2) is 4.93 Å². The number of ether oxygens (including phenoxy) is 1. The lowest BCUT2D eigenvalue weighted by Gasteiger charge is -2.39. The van der Waals surface area contributed by atoms with E-state index in [2.05, 4.69) is 0 Å². The van der Waals surface area contributed by atoms with Gasteiger partial charge in [-0.3, -0.25) is 9.00 Å². The summed E-state index contributed by atoms with van der Waals surface area (Å²) in [5.41, 5.74) is 1.12. The Labute approximate surface area is 121 Å². The Morgan fingerprint density at radius 1 is 1.20 bits per heavy atom. The Morgan fingerprint density at radius 2 is 1.85 bits per heavy atom. The molecule has 0 saturated carbocycles. The fraction of sp³-hybridized carbons (Fsp3) is 0.438. The molecule has 1 aromatic rings. The quantitative estimate of drug-likeness (QED) is 0.786. The van der Waals surface area contributed by atoms with Crippen molar-refractivity contribution in [2.45, 2.75) is 36.7 Å². The number of aryl methyl sites for hydroxylation is 1. The van der Waals surface area contributed by atoms with Crippen molar-refractivity contribution in [3.63, 3.8) is 0 Å². The molecule has 1 aromatic carbocycles. The largest absolute Gasteiger partial charge is 0.349 e. The number of carbonyl (C=O) groups excluding carboxylic acids is 1. The first kappa shape index (κ1) is 13.7. The van der Waals surface area contributed by atoms with E-state index in [1.54, 1.807) is 0 Å². The Morgan fingerprint density at radius 3 is 2.50 bits per heavy atom. The highest BCUT2D eigenvalue weighted by molar-refractivity contribution is 7.86. The van der Waals surface area contributed by atoms with Gasteiger partial charge in [-0.15, -0.1) is 0 Å². The molecule has 1 fully saturated rings. The Balaban J connectivity index is 2.00. The van der Waals surface area contributed by atoms with Crippen LogP contribution in [0, 0.1) is 18.8 Å². The fourth-order valence-electron chi connectivity index (χ4n) is 2.90. The van der Waals surface area contributed by atoms with Gasteiger partial charge < -0.3 is 4.74 Å². The minimum atomic E-state index is -1.39. The van der Waals surface area contributed by atoms with Crippen LogP contribution in [0.3, 0.4) is 0 Å². The molecule has 5 atom stereocenters. The molecule has 0 N–H and O–H groups in total. The van der Waals surface area contributed by atoms with Crippen LogP contribution in [0.1, 0.15) is 19.4 Å². The van der Waals surface area contributed by atoms with Crippen LogP contribution in [0.4, 0.5) is 0 Å². The monoisotopic (exact) mass is 290 g/mol. The van der Waals surface area contributed by atoms with E-state index in [9.17, 15) is 9.00 Å². The van der Waals surface area contributed by atoms with E-state index in [-0.39, 0.29) is 17.8 Å². The van der Waals surface area contributed by atoms with E-state index in [0.29, 0.717) is 4.90 Å². The van der Waals surface area contributed by atoms with E-state index in [1.165, 1.54) is 0 Å². The summed E-state index contributed by atoms with van der Waals surface area (Å²) in [5, 5.41) is 0. The molecular weight excluding hydrogens is 272 g/mol. The van der Waals surface area contributed by atoms with Gasteiger partial charge in [0, 0.05) is 10.8 Å². The molecule has 3 rings (SSSR count). The fourth-order valence-corrected chi connectivity index (χ4v) is 4.49. The van der Waals surface area contributed by atoms with Crippen molar-refractivity contribution in [3.8, 4) is 0 Å². The molecule has 4 heteroatoms. The second-order valence-corrected chi connectivity index (χ2v) is 7.30. The summed E-state index contributed by atoms with van der Waals surface area (Å²) in [7, 11) is -1.39. The highest BCUT2D eigenvalue weighted by Crippen LogP contribution is 2.45. The molecule has 3 nitrogen and oxygen atoms in total. The Bertz CT molecular complexity index is 605. The summed E-state index contributed by atoms with van der Waals surface area (Å²) in [4.78, 5) is 12.0. The first-order valence-electron chi connectivity index (χ1n) is 6.85. The van der Waals surface area contributed by atoms with Crippen LogP contribution < -0.4 is 0 Å². The third kappa shape index (κ3) is 1.82. The highest BCUT2D eigenvalue weighted by Gasteiger charge is 2.56. The lowest BCUT2D eigenvalue weighted by atomic mass is 9.87. The van der Waals surface area contributed by atoms with Crippen molar-refractivity contribution < 1.29 is 13.7 Å². The van der Waals surface area contributed by atoms with Gasteiger partial charge in [-0.1, -0.05) is 37.6 Å². The van der Waals surface area contributed by atoms with E-state index < -0.39 is 21.7 Å². The van der Waals surface area contributed by atoms with Gasteiger partial charge in [0.1, 0.15) is 5.78 Å². The first-order chi connectivity index (χ1) is 9.45. The molecule has 2 heterocycles. The van der Waals surface area contributed by atoms with Crippen molar-refractivity contribution in [2.24, 2.45) is 11.8 Å². The zero-order chi connectivity index (χ0) is 14.5. The van der Waals surface area contributed by atoms with E-state index in [1.807, 2.05) is 57.2 Å². The van der Waals surface area contributed by atoms with E-state index in [0.717, 1.165) is 5.56 Å². The number of rotatable bonds is 2. The first-order valence-corrected chi connectivity index (χ1v) is 8.00. The predicted molar refractivity (Wildman–Crippen MR) is 77.7 cm³/mol. The maximum absolute atomic E-state index is 12.9. The third-order valence-corrected chi connectivity index (χ3v) is 6.20. The lowest BCUT2D eigenvalue weighted by molar-refractivity contribution is -0.146. The van der Waals surface area contributed by atoms with E-state index >= 15 is 0 Å². The zero-order valence-corrected chi connectivity index (χ0v) is 12.6. The van der Waals surface area contributed by atoms with Gasteiger partial charge in [0.05, 0.1) is 22.8 Å². The van der Waals surface area contributed by atoms with Crippen LogP contribution in [0.15, 0.2) is 41.3 Å². The third-order valence-electron chi connectivity index (χ3n) is 4.34. The summed E-state index contributed by atoms with van der Waals surface area (Å²) in [6.45, 7) is 5.68. The van der Waals surface area contributed by atoms with Gasteiger partial charge >= 0.3 is 0 Å². The van der Waals surface area contributed by atoms with Crippen molar-refractivity contribution in [3.05, 3.63) is 42.0 Å². The molecule has 0 aliphatic carbocycles. The van der Waals surface area contributed by atoms with Crippen LogP contribution in [-0.2, 0) is 20.3 Å². The van der Waals surface area contributed by atoms with Crippen molar-refractivity contribution in [1.82, 2.24) is 0 Å². The topological polar surface area (TPSA) is 43.4 Å². The van der Waals surface area contributed by atoms with Gasteiger partial charge in [0.2, 0.25) is 0 Å². The van der Waals surface area contributed by atoms with Crippen molar-refractivity contribution in [1.29, 1.82) is 0 Å². The second kappa shape index (κ2) is 4.64. The normalized spacial score (nSPS) is 37.1. The number of ketones is 1. The number of Topliss-reactive ketones (excluding diaryl/α,β-unsaturated/α-hetero) is 1. The summed E-state index contributed by atoms with van der Waals surface area (Å²) in [6.07, 6.45) is 3.48. The standard InChI is InChI=1S/C16H18O3S/c1-10-4-6-13(7-5-10)20(18)16-9-8-14(19-16)11(2)15(17)12(16)3/h4-9,11-12,14H,1-3H3/t11-,12+,14+,16+,20?/m0/s1. The molecule has 0 amide bonds. The predicted octanol–water partition coefficient (Wildman–Crippen LogP) is 2.61. The van der Waals surface area contributed by atoms with Crippen LogP contribution >= 0.6 is 0 Å². The number of hydrogen-bond acceptors (Lipinski definition) is 3. The maximum Gasteiger partial charge on any atom is 0.176 e. The van der Waals surface area contributed by atoms with Gasteiger partial charge in [-0.25, -0.2) is 0 Å². The molecule has 1 saturated heterocycles. The molecule has 0 spiro atoms. The summed E-state index contributed by atoms with van der Waals surface area (Å²) < 4.78 is 18.9. The molecule has 20 heavy (non-hydrogen) atoms. The van der Waals surface area contributed by atoms with Crippen LogP contribution in [0.25, 0.3) is 0 Å². The smallest absolute Gasteiger partial charge is 0.176 e. The van der Waals surface area contributed by atoms with Gasteiger partial charge in [-0.05, 0) is 25.1 Å². The average molecular weight is 290 g/mol. The molecule has 0 radical (unpaired) electrons. The molecule has 2 bridgehead atoms. The van der Waals surface area contributed by atoms with E-state index in [4.69, 9.17) is 4.74 Å². The highest BCUT2D eigenvalue weighted by atomic mass is 32.2. The van der Waals surface area contributed by atoms with Crippen LogP contribution in [0.2, 0.25) is 0 Å². The maximum atomic E-state index is 12.9. The zero-order valence-electron chi connectivity index (χ0n) is 11.8. The number of carbonyl (C=O) groups is 1. The number of benzene rings is 1. The molecule has 2 aliphatic heterocycles. The van der Waals surface area contributed by atoms with Crippen LogP contribution in [0.5, 0.6) is 0 Å². The van der Waals surface area contributed by atoms with Crippen molar-refractivity contribution in [2.75, 3.05) is 0 Å². The minimum Gasteiger partial charge on any atom is -0.349 e. The average Bonchev–Trinajstić information content (AvgIpc) is 2.87. The molecule has 106 valence electrons. The van der Waals surface area contributed by atoms with Crippen LogP contribution in [-0.4, -0.2) is 21.0 Å². The summed E-state index contributed by atoms with van der Waals surface area (Å²) >= 11 is 0. The second-order valence-electron chi connectivity index (χ2n) is 5.66. The molecule has 2 aliphatic rings.